The van der Waals surface area contributed by atoms with Crippen LogP contribution in [0.1, 0.15) is 22.3 Å². The standard InChI is InChI=1S/C26H18Cl2O4/c27-21-12-23(32)25(18-7-3-16(14-30)4-8-18)26(28)24(21)19-9-10-22(31)20(11-19)17-5-1-15(13-29)2-6-17/h1-12,29-30H,13-14H2/b24-19+. The zero-order chi connectivity index (χ0) is 22.8. The normalized spacial score (nSPS) is 18.8. The molecular weight excluding hydrogens is 447 g/mol. The van der Waals surface area contributed by atoms with E-state index < -0.39 is 0 Å². The molecular formula is C26H18Cl2O4. The second kappa shape index (κ2) is 9.23. The number of benzene rings is 2. The Morgan fingerprint density at radius 3 is 1.78 bits per heavy atom. The fourth-order valence-corrected chi connectivity index (χ4v) is 4.37. The third kappa shape index (κ3) is 4.18. The molecule has 4 nitrogen and oxygen atoms in total. The maximum absolute atomic E-state index is 12.7. The largest absolute Gasteiger partial charge is 0.392 e. The number of aliphatic hydroxyl groups excluding tert-OH is 2. The minimum atomic E-state index is -0.319. The summed E-state index contributed by atoms with van der Waals surface area (Å²) in [7, 11) is 0. The molecule has 0 aromatic heterocycles. The van der Waals surface area contributed by atoms with Crippen molar-refractivity contribution in [3.05, 3.63) is 116 Å². The number of aliphatic hydroxyl groups is 2. The van der Waals surface area contributed by atoms with Crippen molar-refractivity contribution >= 4 is 45.9 Å². The van der Waals surface area contributed by atoms with Crippen LogP contribution in [0.3, 0.4) is 0 Å². The SMILES string of the molecule is O=C1C=C/C(=C2/C(Cl)=CC(=O)C(c3ccc(CO)cc3)=C2Cl)C=C1c1ccc(CO)cc1. The molecule has 0 bridgehead atoms. The molecule has 2 aromatic rings. The molecule has 2 N–H and O–H groups in total. The fourth-order valence-electron chi connectivity index (χ4n) is 3.61. The Labute approximate surface area is 195 Å². The van der Waals surface area contributed by atoms with Crippen molar-refractivity contribution in [1.29, 1.82) is 0 Å². The summed E-state index contributed by atoms with van der Waals surface area (Å²) in [5.74, 6) is -0.487. The molecule has 160 valence electrons. The van der Waals surface area contributed by atoms with E-state index in [0.29, 0.717) is 33.4 Å². The highest BCUT2D eigenvalue weighted by molar-refractivity contribution is 6.49. The van der Waals surface area contributed by atoms with Gasteiger partial charge in [-0.2, -0.15) is 0 Å². The quantitative estimate of drug-likeness (QED) is 0.678. The van der Waals surface area contributed by atoms with Crippen molar-refractivity contribution < 1.29 is 19.8 Å². The molecule has 0 amide bonds. The minimum absolute atomic E-state index is 0.0840. The van der Waals surface area contributed by atoms with E-state index in [0.717, 1.165) is 11.1 Å². The fraction of sp³-hybridized carbons (Fsp3) is 0.0769. The summed E-state index contributed by atoms with van der Waals surface area (Å²) in [6, 6.07) is 13.9. The first-order valence-electron chi connectivity index (χ1n) is 9.83. The summed E-state index contributed by atoms with van der Waals surface area (Å²) in [5.41, 5.74) is 4.59. The number of carbonyl (C=O) groups is 2. The molecule has 0 unspecified atom stereocenters. The molecule has 0 fully saturated rings. The summed E-state index contributed by atoms with van der Waals surface area (Å²) in [6.07, 6.45) is 6.09. The van der Waals surface area contributed by atoms with Crippen LogP contribution in [0, 0.1) is 0 Å². The highest BCUT2D eigenvalue weighted by Gasteiger charge is 2.27. The number of ketones is 2. The van der Waals surface area contributed by atoms with Gasteiger partial charge in [0.15, 0.2) is 11.6 Å². The second-order valence-electron chi connectivity index (χ2n) is 7.34. The lowest BCUT2D eigenvalue weighted by Crippen LogP contribution is -2.11. The van der Waals surface area contributed by atoms with Crippen molar-refractivity contribution in [2.75, 3.05) is 0 Å². The van der Waals surface area contributed by atoms with Crippen LogP contribution < -0.4 is 0 Å². The van der Waals surface area contributed by atoms with Gasteiger partial charge in [0.2, 0.25) is 0 Å². The third-order valence-corrected chi connectivity index (χ3v) is 6.00. The average Bonchev–Trinajstić information content (AvgIpc) is 2.80. The van der Waals surface area contributed by atoms with Gasteiger partial charge in [0.25, 0.3) is 0 Å². The molecule has 0 radical (unpaired) electrons. The van der Waals surface area contributed by atoms with Gasteiger partial charge in [-0.05, 0) is 40.0 Å². The van der Waals surface area contributed by atoms with Crippen molar-refractivity contribution in [2.45, 2.75) is 13.2 Å². The number of halogens is 2. The molecule has 0 saturated carbocycles. The van der Waals surface area contributed by atoms with E-state index in [4.69, 9.17) is 23.2 Å². The molecule has 0 atom stereocenters. The highest BCUT2D eigenvalue weighted by atomic mass is 35.5. The molecule has 0 heterocycles. The number of allylic oxidation sites excluding steroid dienone is 10. The second-order valence-corrected chi connectivity index (χ2v) is 8.13. The Morgan fingerprint density at radius 2 is 1.22 bits per heavy atom. The van der Waals surface area contributed by atoms with Gasteiger partial charge < -0.3 is 10.2 Å². The Morgan fingerprint density at radius 1 is 0.656 bits per heavy atom. The molecule has 32 heavy (non-hydrogen) atoms. The van der Waals surface area contributed by atoms with Gasteiger partial charge in [0, 0.05) is 22.8 Å². The van der Waals surface area contributed by atoms with E-state index in [9.17, 15) is 19.8 Å². The zero-order valence-corrected chi connectivity index (χ0v) is 18.3. The third-order valence-electron chi connectivity index (χ3n) is 5.32. The van der Waals surface area contributed by atoms with Crippen LogP contribution >= 0.6 is 23.2 Å². The van der Waals surface area contributed by atoms with Gasteiger partial charge in [-0.25, -0.2) is 0 Å². The van der Waals surface area contributed by atoms with Gasteiger partial charge in [0.05, 0.1) is 23.3 Å². The molecule has 6 heteroatoms. The lowest BCUT2D eigenvalue weighted by atomic mass is 9.87. The van der Waals surface area contributed by atoms with E-state index in [-0.39, 0.29) is 34.8 Å². The van der Waals surface area contributed by atoms with Crippen LogP contribution in [0.2, 0.25) is 0 Å². The minimum Gasteiger partial charge on any atom is -0.392 e. The Kier molecular flexibility index (Phi) is 6.40. The lowest BCUT2D eigenvalue weighted by molar-refractivity contribution is -0.110. The van der Waals surface area contributed by atoms with E-state index >= 15 is 0 Å². The summed E-state index contributed by atoms with van der Waals surface area (Å²) >= 11 is 13.1. The van der Waals surface area contributed by atoms with Gasteiger partial charge in [-0.1, -0.05) is 77.8 Å². The maximum atomic E-state index is 12.7. The number of hydrogen-bond acceptors (Lipinski definition) is 4. The molecule has 0 spiro atoms. The molecule has 4 rings (SSSR count). The molecule has 2 aliphatic carbocycles. The first-order chi connectivity index (χ1) is 15.4. The van der Waals surface area contributed by atoms with E-state index in [1.165, 1.54) is 12.2 Å². The lowest BCUT2D eigenvalue weighted by Gasteiger charge is -2.20. The van der Waals surface area contributed by atoms with Crippen molar-refractivity contribution in [3.63, 3.8) is 0 Å². The molecule has 0 aliphatic heterocycles. The first kappa shape index (κ1) is 22.2. The van der Waals surface area contributed by atoms with Crippen molar-refractivity contribution in [2.24, 2.45) is 0 Å². The monoisotopic (exact) mass is 464 g/mol. The first-order valence-corrected chi connectivity index (χ1v) is 10.6. The molecule has 2 aliphatic rings. The Bertz CT molecular complexity index is 1260. The van der Waals surface area contributed by atoms with E-state index in [1.807, 2.05) is 0 Å². The van der Waals surface area contributed by atoms with Crippen LogP contribution in [0.5, 0.6) is 0 Å². The predicted octanol–water partition coefficient (Wildman–Crippen LogP) is 4.85. The zero-order valence-electron chi connectivity index (χ0n) is 16.8. The van der Waals surface area contributed by atoms with Crippen molar-refractivity contribution in [3.8, 4) is 0 Å². The van der Waals surface area contributed by atoms with E-state index in [1.54, 1.807) is 60.7 Å². The Hall–Kier alpha value is -3.02. The van der Waals surface area contributed by atoms with Gasteiger partial charge in [-0.15, -0.1) is 0 Å². The highest BCUT2D eigenvalue weighted by Crippen LogP contribution is 2.41. The van der Waals surface area contributed by atoms with Crippen LogP contribution in [-0.4, -0.2) is 21.8 Å². The summed E-state index contributed by atoms with van der Waals surface area (Å²) in [6.45, 7) is -0.187. The number of rotatable bonds is 4. The summed E-state index contributed by atoms with van der Waals surface area (Å²) in [5, 5.41) is 18.9. The Balaban J connectivity index is 1.85. The topological polar surface area (TPSA) is 74.6 Å². The smallest absolute Gasteiger partial charge is 0.189 e. The molecule has 0 saturated heterocycles. The number of carbonyl (C=O) groups excluding carboxylic acids is 2. The van der Waals surface area contributed by atoms with Crippen LogP contribution in [-0.2, 0) is 22.8 Å². The van der Waals surface area contributed by atoms with Gasteiger partial charge >= 0.3 is 0 Å². The van der Waals surface area contributed by atoms with Crippen molar-refractivity contribution in [1.82, 2.24) is 0 Å². The summed E-state index contributed by atoms with van der Waals surface area (Å²) in [4.78, 5) is 25.3. The average molecular weight is 465 g/mol. The van der Waals surface area contributed by atoms with E-state index in [2.05, 4.69) is 0 Å². The summed E-state index contributed by atoms with van der Waals surface area (Å²) < 4.78 is 0. The molecule has 2 aromatic carbocycles. The van der Waals surface area contributed by atoms with Gasteiger partial charge in [0.1, 0.15) is 0 Å². The van der Waals surface area contributed by atoms with Crippen LogP contribution in [0.25, 0.3) is 11.1 Å². The van der Waals surface area contributed by atoms with Crippen LogP contribution in [0.15, 0.2) is 94.0 Å². The van der Waals surface area contributed by atoms with Crippen LogP contribution in [0.4, 0.5) is 0 Å². The maximum Gasteiger partial charge on any atom is 0.189 e. The van der Waals surface area contributed by atoms with Gasteiger partial charge in [-0.3, -0.25) is 9.59 Å². The number of hydrogen-bond donors (Lipinski definition) is 2. The predicted molar refractivity (Wildman–Crippen MR) is 126 cm³/mol.